The Labute approximate surface area is 791 Å². The van der Waals surface area contributed by atoms with Crippen LogP contribution in [0.4, 0.5) is 0 Å². The van der Waals surface area contributed by atoms with Crippen molar-refractivity contribution in [2.24, 2.45) is 34.4 Å². The van der Waals surface area contributed by atoms with Crippen molar-refractivity contribution in [2.75, 3.05) is 14.1 Å². The third kappa shape index (κ3) is 8.93. The van der Waals surface area contributed by atoms with Gasteiger partial charge in [0, 0.05) is 172 Å². The summed E-state index contributed by atoms with van der Waals surface area (Å²) in [5.41, 5.74) is 49.0. The van der Waals surface area contributed by atoms with Gasteiger partial charge in [-0.2, -0.15) is 0 Å². The first-order chi connectivity index (χ1) is 67.4. The van der Waals surface area contributed by atoms with Crippen LogP contribution < -0.4 is 45.0 Å². The van der Waals surface area contributed by atoms with Gasteiger partial charge < -0.3 is 101 Å². The van der Waals surface area contributed by atoms with Gasteiger partial charge in [-0.05, 0) is 100 Å². The van der Waals surface area contributed by atoms with E-state index in [1.807, 2.05) is 192 Å². The van der Waals surface area contributed by atoms with Crippen LogP contribution in [0.5, 0.6) is 0 Å². The van der Waals surface area contributed by atoms with E-state index in [9.17, 15) is 47.9 Å². The van der Waals surface area contributed by atoms with Crippen LogP contribution in [0, 0.1) is 0 Å². The van der Waals surface area contributed by atoms with Gasteiger partial charge in [0.15, 0.2) is 57.6 Å². The number of primary amides is 2. The zero-order valence-corrected chi connectivity index (χ0v) is 76.6. The molecule has 30 heteroatoms. The highest BCUT2D eigenvalue weighted by molar-refractivity contribution is 6.43. The molecule has 4 fully saturated rings. The molecule has 0 unspecified atom stereocenters. The van der Waals surface area contributed by atoms with Crippen molar-refractivity contribution in [2.45, 2.75) is 162 Å². The van der Waals surface area contributed by atoms with Crippen LogP contribution in [0.3, 0.4) is 0 Å². The fourth-order valence-corrected chi connectivity index (χ4v) is 28.4. The number of nitrogens with two attached hydrogens (primary N) is 6. The smallest absolute Gasteiger partial charge is 0.245 e. The molecule has 12 aromatic carbocycles. The van der Waals surface area contributed by atoms with Gasteiger partial charge in [0.25, 0.3) is 0 Å². The molecular weight excluding hydrogens is 1770 g/mol. The number of Topliss-reactive ketones (excluding diaryl/α,β-unsaturated/α-hetero) is 6. The van der Waals surface area contributed by atoms with Gasteiger partial charge in [-0.25, -0.2) is 0 Å². The fraction of sp³-hybridized carbons (Fsp3) is 0.255. The second-order valence-electron chi connectivity index (χ2n) is 40.7. The number of carbonyl (C=O) groups excluding carboxylic acids is 10. The number of rotatable bonds is 4. The summed E-state index contributed by atoms with van der Waals surface area (Å²) in [6.45, 7) is 7.47. The maximum absolute atomic E-state index is 13.4. The van der Waals surface area contributed by atoms with Crippen molar-refractivity contribution in [1.82, 2.24) is 47.2 Å². The monoisotopic (exact) mass is 1860 g/mol. The molecule has 20 aromatic rings. The molecule has 14 N–H and O–H groups in total. The molecule has 32 rings (SSSR count). The van der Waals surface area contributed by atoms with E-state index in [1.54, 1.807) is 21.0 Å². The lowest BCUT2D eigenvalue weighted by molar-refractivity contribution is -0.149. The van der Waals surface area contributed by atoms with Crippen LogP contribution in [0.25, 0.3) is 174 Å². The number of carbonyl (C=O) groups is 10. The first kappa shape index (κ1) is 81.8. The number of benzene rings is 12. The molecule has 4 saturated heterocycles. The molecule has 16 heterocycles. The Morgan fingerprint density at radius 2 is 0.486 bits per heavy atom. The average molecular weight is 1860 g/mol. The summed E-state index contributed by atoms with van der Waals surface area (Å²) in [5, 5.41) is 20.1. The van der Waals surface area contributed by atoms with E-state index in [4.69, 9.17) is 53.3 Å². The fourth-order valence-electron chi connectivity index (χ4n) is 28.4. The highest BCUT2D eigenvalue weighted by Crippen LogP contribution is 2.64. The number of amides is 4. The summed E-state index contributed by atoms with van der Waals surface area (Å²) in [6, 6.07) is 63.6. The first-order valence-electron chi connectivity index (χ1n) is 47.5. The first-order valence-corrected chi connectivity index (χ1v) is 47.5. The van der Waals surface area contributed by atoms with Crippen LogP contribution in [0.15, 0.2) is 194 Å². The second-order valence-corrected chi connectivity index (χ2v) is 40.7. The maximum Gasteiger partial charge on any atom is 0.245 e. The molecule has 0 radical (unpaired) electrons. The van der Waals surface area contributed by atoms with Crippen LogP contribution >= 0.6 is 0 Å². The van der Waals surface area contributed by atoms with E-state index in [1.165, 1.54) is 0 Å². The van der Waals surface area contributed by atoms with Crippen molar-refractivity contribution in [3.8, 4) is 0 Å². The van der Waals surface area contributed by atoms with Crippen LogP contribution in [0.2, 0.25) is 0 Å². The minimum absolute atomic E-state index is 0.140. The Morgan fingerprint density at radius 1 is 0.279 bits per heavy atom. The molecule has 30 nitrogen and oxygen atoms in total. The van der Waals surface area contributed by atoms with E-state index < -0.39 is 81.8 Å². The number of aryl methyl sites for hydroxylation is 2. The van der Waals surface area contributed by atoms with E-state index in [0.29, 0.717) is 59.7 Å². The maximum atomic E-state index is 13.4. The number of ketones is 6. The molecule has 4 aliphatic carbocycles. The molecule has 140 heavy (non-hydrogen) atoms. The quantitative estimate of drug-likeness (QED) is 0.0759. The summed E-state index contributed by atoms with van der Waals surface area (Å²) in [7, 11) is 3.20. The Morgan fingerprint density at radius 3 is 0.743 bits per heavy atom. The van der Waals surface area contributed by atoms with E-state index in [-0.39, 0.29) is 78.6 Å². The third-order valence-corrected chi connectivity index (χ3v) is 34.5. The Bertz CT molecular complexity index is 9630. The minimum atomic E-state index is -1.51. The van der Waals surface area contributed by atoms with Gasteiger partial charge in [0.2, 0.25) is 23.6 Å². The number of aromatic nitrogens is 8. The zero-order chi connectivity index (χ0) is 95.7. The summed E-state index contributed by atoms with van der Waals surface area (Å²) in [5.74, 6) is -2.13. The topological polar surface area (TPSA) is 427 Å². The van der Waals surface area contributed by atoms with Gasteiger partial charge in [0.1, 0.15) is 47.1 Å². The molecule has 8 aliphatic heterocycles. The lowest BCUT2D eigenvalue weighted by Crippen LogP contribution is -2.65. The molecule has 8 aromatic heterocycles. The van der Waals surface area contributed by atoms with Gasteiger partial charge in [-0.15, -0.1) is 0 Å². The van der Waals surface area contributed by atoms with Gasteiger partial charge in [0.05, 0.1) is 101 Å². The van der Waals surface area contributed by atoms with Crippen molar-refractivity contribution >= 4 is 233 Å². The summed E-state index contributed by atoms with van der Waals surface area (Å²) in [4.78, 5) is 133. The Kier molecular flexibility index (Phi) is 15.3. The number of fused-ring (bicyclic) bond motifs is 52. The van der Waals surface area contributed by atoms with Crippen molar-refractivity contribution < 1.29 is 66.9 Å². The highest BCUT2D eigenvalue weighted by Gasteiger charge is 2.68. The summed E-state index contributed by atoms with van der Waals surface area (Å²) >= 11 is 0. The molecular formula is C110H88N16O14. The molecule has 8 bridgehead atoms. The lowest BCUT2D eigenvalue weighted by Gasteiger charge is -2.39. The minimum Gasteiger partial charge on any atom is -0.368 e. The predicted octanol–water partition coefficient (Wildman–Crippen LogP) is 15.1. The van der Waals surface area contributed by atoms with Gasteiger partial charge in [-0.1, -0.05) is 146 Å². The van der Waals surface area contributed by atoms with E-state index in [0.717, 1.165) is 191 Å². The Hall–Kier alpha value is -15.4. The van der Waals surface area contributed by atoms with Gasteiger partial charge >= 0.3 is 0 Å². The van der Waals surface area contributed by atoms with Crippen molar-refractivity contribution in [1.29, 1.82) is 0 Å². The normalized spacial score (nSPS) is 27.0. The molecule has 12 atom stereocenters. The van der Waals surface area contributed by atoms with Crippen molar-refractivity contribution in [3.05, 3.63) is 239 Å². The second kappa shape index (κ2) is 26.1. The zero-order valence-electron chi connectivity index (χ0n) is 76.6. The highest BCUT2D eigenvalue weighted by atomic mass is 16.6. The lowest BCUT2D eigenvalue weighted by atomic mass is 9.85. The number of hydrogen-bond acceptors (Lipinski definition) is 18. The number of ether oxygens (including phenoxy) is 4. The van der Waals surface area contributed by atoms with Crippen molar-refractivity contribution in [3.63, 3.8) is 0 Å². The standard InChI is InChI=1S/C28H22N4O4.C28H24N4O3.C27H20N4O4.C27H22N4O3/c1-27-28(29,26(35)30-2)12-19(36-27)31-15-9-5-3-7-13(15)20-22-17(33)11-18(34)23(22)21-14-8-4-6-10-16(14)32(27)25(21)24(20)31;1-27-28(29,26(34)30-2)13-20(35-27)31-17-9-5-3-7-14(17)23-22-16(11-12-19(22)33)21-15-8-4-6-10-18(15)32(27)25(21)24(23)31;1-26-27(29,25(28)34)11-18(35-26)30-14-8-4-2-6-12(14)19-21-16(32)10-17(33)22(21)20-13-7-3-5-9-15(13)31(26)24(20)23(19)30;1-26-27(29,25(28)33)12-19(34-26)30-16-8-4-2-6-13(16)22-21-15(10-11-18(21)32)20-14-7-3-5-9-17(14)31(26)24(20)23(22)30/h3-10,19H,11-12,29H2,1-2H3,(H,30,35);3-10,20H,11-13,29H2,1-2H3,(H,30,34);2-9,18H,10-11,29H2,1H3,(H2,28,34);2-9,19H,10-12,29H2,1H3,(H2,28,33)/t19-,27+,28+;20-,27+,28+;18-,26+,27+;19-,26+,27+/m1111/s1. The number of hydrogen-bond donors (Lipinski definition) is 8. The molecule has 4 amide bonds. The number of nitrogens with zero attached hydrogens (tertiary/aromatic N) is 8. The summed E-state index contributed by atoms with van der Waals surface area (Å²) in [6.07, 6.45) is 0.998. The summed E-state index contributed by atoms with van der Waals surface area (Å²) < 4.78 is 43.8. The molecule has 12 aliphatic rings. The molecule has 0 saturated carbocycles. The SMILES string of the molecule is CNC(=O)[C@@]1(N)C[C@H]2O[C@]1(C)n1c3ccccc3c3c4c(c5c6ccccc6n2c5c31)C(=O)CC4.CNC(=O)[C@@]1(N)C[C@H]2O[C@]1(C)n1c3ccccc3c3c4c(c5c6ccccc6n2c5c31)C(=O)CC4=O.C[C@]12O[C@H](C[C@]1(N)C(N)=O)n1c3ccccc3c3c4c(c5c6ccccc6n2c5c31)C(=O)CC4=O.C[C@]12O[C@H](C[C@]1(N)C(N)=O)n1c3ccccc3c3c4c(c5c6ccccc6n2c5c31)CCC4=O. The third-order valence-electron chi connectivity index (χ3n) is 34.5. The van der Waals surface area contributed by atoms with E-state index >= 15 is 0 Å². The van der Waals surface area contributed by atoms with E-state index in [2.05, 4.69) is 69.9 Å². The number of nitrogens with one attached hydrogen (secondary N) is 2. The van der Waals surface area contributed by atoms with Crippen LogP contribution in [-0.2, 0) is 73.9 Å². The van der Waals surface area contributed by atoms with Crippen LogP contribution in [0.1, 0.15) is 177 Å². The molecule has 692 valence electrons. The number of likely N-dealkylation sites (N-methyl/N-ethyl adjacent to an activating group) is 2. The average Bonchev–Trinajstić information content (AvgIpc) is 1.50. The van der Waals surface area contributed by atoms with Crippen LogP contribution in [-0.4, -0.2) is 131 Å². The van der Waals surface area contributed by atoms with Gasteiger partial charge in [-0.3, -0.25) is 47.9 Å². The molecule has 0 spiro atoms. The largest absolute Gasteiger partial charge is 0.368 e. The Balaban J connectivity index is 0.0000000896. The number of para-hydroxylation sites is 8. The predicted molar refractivity (Wildman–Crippen MR) is 529 cm³/mol.